The highest BCUT2D eigenvalue weighted by Crippen LogP contribution is 2.40. The Kier molecular flexibility index (Phi) is 2.24. The van der Waals surface area contributed by atoms with Crippen molar-refractivity contribution in [1.29, 1.82) is 0 Å². The fourth-order valence-electron chi connectivity index (χ4n) is 1.32. The van der Waals surface area contributed by atoms with E-state index >= 15 is 0 Å². The first-order valence-electron chi connectivity index (χ1n) is 4.04. The van der Waals surface area contributed by atoms with Gasteiger partial charge in [0.1, 0.15) is 11.5 Å². The Morgan fingerprint density at radius 3 is 2.46 bits per heavy atom. The fraction of sp³-hybridized carbons (Fsp3) is 0.222. The van der Waals surface area contributed by atoms with Crippen LogP contribution in [0.2, 0.25) is 0 Å². The highest BCUT2D eigenvalue weighted by molar-refractivity contribution is 8.15. The third-order valence-corrected chi connectivity index (χ3v) is 3.95. The largest absolute Gasteiger partial charge is 0.507 e. The van der Waals surface area contributed by atoms with Gasteiger partial charge in [0, 0.05) is 12.4 Å². The van der Waals surface area contributed by atoms with E-state index in [2.05, 4.69) is 10.7 Å². The molecule has 1 aliphatic rings. The van der Waals surface area contributed by atoms with Crippen LogP contribution >= 0.6 is 10.5 Å². The van der Waals surface area contributed by atoms with Crippen LogP contribution in [0.15, 0.2) is 23.1 Å². The van der Waals surface area contributed by atoms with E-state index in [1.165, 1.54) is 0 Å². The highest BCUT2D eigenvalue weighted by Gasteiger charge is 2.13. The summed E-state index contributed by atoms with van der Waals surface area (Å²) in [5.74, 6) is 1.18. The minimum atomic E-state index is -0.150. The normalized spacial score (nSPS) is 21.4. The van der Waals surface area contributed by atoms with Crippen LogP contribution in [0.4, 0.5) is 0 Å². The molecule has 0 fully saturated rings. The van der Waals surface area contributed by atoms with Gasteiger partial charge in [-0.25, -0.2) is 0 Å². The second-order valence-electron chi connectivity index (χ2n) is 2.82. The Bertz CT molecular complexity index is 342. The first-order valence-corrected chi connectivity index (χ1v) is 5.49. The molecule has 0 radical (unpaired) electrons. The van der Waals surface area contributed by atoms with Crippen LogP contribution in [0.25, 0.3) is 0 Å². The van der Waals surface area contributed by atoms with Gasteiger partial charge in [0.2, 0.25) is 0 Å². The number of nitrogens with one attached hydrogen (secondary N) is 1. The maximum atomic E-state index is 9.55. The lowest BCUT2D eigenvalue weighted by Gasteiger charge is -2.08. The summed E-state index contributed by atoms with van der Waals surface area (Å²) in [7, 11) is -0.150. The highest BCUT2D eigenvalue weighted by atomic mass is 32.2. The van der Waals surface area contributed by atoms with Crippen molar-refractivity contribution in [2.24, 2.45) is 0 Å². The number of hydrogen-bond donors (Lipinski definition) is 3. The number of hydrogen-bond acceptors (Lipinski definition) is 3. The molecule has 1 heterocycles. The number of aromatic hydroxyl groups is 2. The molecule has 0 aromatic heterocycles. The lowest BCUT2D eigenvalue weighted by Crippen LogP contribution is -2.06. The van der Waals surface area contributed by atoms with Gasteiger partial charge in [-0.3, -0.25) is 0 Å². The van der Waals surface area contributed by atoms with Crippen LogP contribution in [0.5, 0.6) is 11.5 Å². The molecule has 4 heteroatoms. The molecule has 1 atom stereocenters. The first-order chi connectivity index (χ1) is 6.29. The number of phenolic OH excluding ortho intramolecular Hbond substituents is 2. The van der Waals surface area contributed by atoms with E-state index in [-0.39, 0.29) is 22.0 Å². The Balaban J connectivity index is 2.49. The molecule has 0 saturated carbocycles. The first kappa shape index (κ1) is 8.59. The summed E-state index contributed by atoms with van der Waals surface area (Å²) in [4.78, 5) is 0.660. The van der Waals surface area contributed by atoms with Gasteiger partial charge in [0.25, 0.3) is 0 Å². The number of benzene rings is 1. The fourth-order valence-corrected chi connectivity index (χ4v) is 3.08. The molecule has 1 aromatic carbocycles. The van der Waals surface area contributed by atoms with Crippen LogP contribution in [0.1, 0.15) is 0 Å². The van der Waals surface area contributed by atoms with E-state index in [1.807, 2.05) is 0 Å². The molecule has 1 unspecified atom stereocenters. The smallest absolute Gasteiger partial charge is 0.132 e. The lowest BCUT2D eigenvalue weighted by atomic mass is 10.3. The quantitative estimate of drug-likeness (QED) is 0.591. The molecule has 13 heavy (non-hydrogen) atoms. The molecule has 70 valence electrons. The summed E-state index contributed by atoms with van der Waals surface area (Å²) >= 11 is 0. The van der Waals surface area contributed by atoms with E-state index in [1.54, 1.807) is 18.2 Å². The zero-order chi connectivity index (χ0) is 9.26. The molecule has 2 rings (SSSR count). The molecule has 1 aromatic rings. The van der Waals surface area contributed by atoms with Crippen molar-refractivity contribution in [2.75, 3.05) is 12.4 Å². The maximum Gasteiger partial charge on any atom is 0.132 e. The molecule has 0 spiro atoms. The summed E-state index contributed by atoms with van der Waals surface area (Å²) in [6.07, 6.45) is 0. The third kappa shape index (κ3) is 1.55. The summed E-state index contributed by atoms with van der Waals surface area (Å²) in [6.45, 7) is 0.844. The Morgan fingerprint density at radius 1 is 1.23 bits per heavy atom. The molecule has 1 aliphatic heterocycles. The van der Waals surface area contributed by atoms with Crippen molar-refractivity contribution in [2.45, 2.75) is 4.90 Å². The minimum Gasteiger partial charge on any atom is -0.507 e. The second-order valence-corrected chi connectivity index (χ2v) is 4.71. The van der Waals surface area contributed by atoms with E-state index in [4.69, 9.17) is 0 Å². The van der Waals surface area contributed by atoms with Crippen molar-refractivity contribution < 1.29 is 10.2 Å². The van der Waals surface area contributed by atoms with Gasteiger partial charge in [-0.1, -0.05) is 6.07 Å². The number of phenols is 2. The average Bonchev–Trinajstić information content (AvgIpc) is 2.57. The van der Waals surface area contributed by atoms with Crippen LogP contribution in [0.3, 0.4) is 0 Å². The van der Waals surface area contributed by atoms with Gasteiger partial charge in [-0.2, -0.15) is 0 Å². The minimum absolute atomic E-state index is 0.150. The molecular formula is C9H11NO2S. The van der Waals surface area contributed by atoms with Gasteiger partial charge in [0.15, 0.2) is 0 Å². The van der Waals surface area contributed by atoms with Gasteiger partial charge in [-0.15, -0.1) is 10.5 Å². The lowest BCUT2D eigenvalue weighted by molar-refractivity contribution is 0.428. The molecule has 0 amide bonds. The van der Waals surface area contributed by atoms with Gasteiger partial charge in [-0.05, 0) is 17.5 Å². The van der Waals surface area contributed by atoms with E-state index < -0.39 is 0 Å². The zero-order valence-corrected chi connectivity index (χ0v) is 7.84. The van der Waals surface area contributed by atoms with Crippen molar-refractivity contribution in [1.82, 2.24) is 5.32 Å². The maximum absolute atomic E-state index is 9.55. The summed E-state index contributed by atoms with van der Waals surface area (Å²) < 4.78 is 0. The van der Waals surface area contributed by atoms with E-state index in [0.717, 1.165) is 12.4 Å². The Morgan fingerprint density at radius 2 is 1.92 bits per heavy atom. The average molecular weight is 197 g/mol. The van der Waals surface area contributed by atoms with E-state index in [0.29, 0.717) is 4.90 Å². The van der Waals surface area contributed by atoms with Crippen molar-refractivity contribution in [3.63, 3.8) is 0 Å². The molecular weight excluding hydrogens is 186 g/mol. The second kappa shape index (κ2) is 3.40. The molecule has 0 aliphatic carbocycles. The molecule has 3 nitrogen and oxygen atoms in total. The van der Waals surface area contributed by atoms with Gasteiger partial charge >= 0.3 is 0 Å². The van der Waals surface area contributed by atoms with Crippen LogP contribution in [0, 0.1) is 0 Å². The standard InChI is InChI=1S/C9H11NO2S/c11-7-2-1-3-8(12)9(7)13-5-4-10-6-13/h1-3,5,10-12H,4,6H2. The molecule has 3 N–H and O–H groups in total. The molecule has 0 saturated heterocycles. The SMILES string of the molecule is Oc1cccc(O)c1S1=CCNC1. The van der Waals surface area contributed by atoms with Crippen LogP contribution < -0.4 is 5.32 Å². The van der Waals surface area contributed by atoms with Gasteiger partial charge < -0.3 is 15.5 Å². The predicted molar refractivity (Wildman–Crippen MR) is 54.6 cm³/mol. The van der Waals surface area contributed by atoms with Crippen LogP contribution in [-0.2, 0) is 0 Å². The molecule has 0 bridgehead atoms. The van der Waals surface area contributed by atoms with Crippen molar-refractivity contribution in [3.05, 3.63) is 18.2 Å². The topological polar surface area (TPSA) is 52.5 Å². The third-order valence-electron chi connectivity index (χ3n) is 1.92. The van der Waals surface area contributed by atoms with E-state index in [9.17, 15) is 10.2 Å². The monoisotopic (exact) mass is 197 g/mol. The number of rotatable bonds is 1. The predicted octanol–water partition coefficient (Wildman–Crippen LogP) is 1.09. The zero-order valence-electron chi connectivity index (χ0n) is 7.03. The Hall–Kier alpha value is -1.00. The summed E-state index contributed by atoms with van der Waals surface area (Å²) in [5, 5.41) is 24.3. The van der Waals surface area contributed by atoms with Crippen molar-refractivity contribution in [3.8, 4) is 11.5 Å². The summed E-state index contributed by atoms with van der Waals surface area (Å²) in [5.41, 5.74) is 0. The van der Waals surface area contributed by atoms with Gasteiger partial charge in [0.05, 0.1) is 4.90 Å². The summed E-state index contributed by atoms with van der Waals surface area (Å²) in [6, 6.07) is 4.85. The van der Waals surface area contributed by atoms with Crippen molar-refractivity contribution >= 4 is 15.9 Å². The Labute approximate surface area is 79.0 Å². The van der Waals surface area contributed by atoms with Crippen LogP contribution in [-0.4, -0.2) is 28.0 Å².